The molecule has 0 N–H and O–H groups in total. The first-order chi connectivity index (χ1) is 9.56. The molecule has 0 saturated carbocycles. The molecule has 1 saturated heterocycles. The molecule has 5 heteroatoms. The SMILES string of the molecule is Cc1ccc2nc(C(C)Cl)n(C3CCS(=O)CC3)c2c1. The Hall–Kier alpha value is -0.870. The topological polar surface area (TPSA) is 34.9 Å². The molecule has 3 nitrogen and oxygen atoms in total. The third kappa shape index (κ3) is 2.51. The molecule has 20 heavy (non-hydrogen) atoms. The number of alkyl halides is 1. The lowest BCUT2D eigenvalue weighted by molar-refractivity contribution is 0.457. The van der Waals surface area contributed by atoms with E-state index in [1.807, 2.05) is 6.92 Å². The maximum Gasteiger partial charge on any atom is 0.127 e. The number of hydrogen-bond acceptors (Lipinski definition) is 2. The molecule has 3 rings (SSSR count). The van der Waals surface area contributed by atoms with E-state index in [9.17, 15) is 4.21 Å². The lowest BCUT2D eigenvalue weighted by Crippen LogP contribution is -2.23. The van der Waals surface area contributed by atoms with E-state index in [1.54, 1.807) is 0 Å². The fourth-order valence-electron chi connectivity index (χ4n) is 2.93. The van der Waals surface area contributed by atoms with Crippen LogP contribution in [0.4, 0.5) is 0 Å². The molecule has 1 aromatic heterocycles. The van der Waals surface area contributed by atoms with Crippen LogP contribution in [-0.4, -0.2) is 25.3 Å². The Morgan fingerprint density at radius 2 is 2.10 bits per heavy atom. The van der Waals surface area contributed by atoms with Crippen molar-refractivity contribution in [2.75, 3.05) is 11.5 Å². The first-order valence-corrected chi connectivity index (χ1v) is 8.96. The second kappa shape index (κ2) is 5.49. The van der Waals surface area contributed by atoms with E-state index in [1.165, 1.54) is 5.56 Å². The second-order valence-corrected chi connectivity index (χ2v) is 7.88. The van der Waals surface area contributed by atoms with Gasteiger partial charge in [0.2, 0.25) is 0 Å². The lowest BCUT2D eigenvalue weighted by atomic mass is 10.1. The fourth-order valence-corrected chi connectivity index (χ4v) is 4.35. The van der Waals surface area contributed by atoms with Gasteiger partial charge in [-0.15, -0.1) is 11.6 Å². The van der Waals surface area contributed by atoms with Gasteiger partial charge < -0.3 is 4.57 Å². The summed E-state index contributed by atoms with van der Waals surface area (Å²) in [5.41, 5.74) is 3.39. The molecule has 1 unspecified atom stereocenters. The van der Waals surface area contributed by atoms with Gasteiger partial charge in [0.15, 0.2) is 0 Å². The van der Waals surface area contributed by atoms with Crippen LogP contribution in [0.2, 0.25) is 0 Å². The van der Waals surface area contributed by atoms with E-state index in [4.69, 9.17) is 16.6 Å². The summed E-state index contributed by atoms with van der Waals surface area (Å²) in [6.07, 6.45) is 1.89. The highest BCUT2D eigenvalue weighted by Crippen LogP contribution is 2.33. The summed E-state index contributed by atoms with van der Waals surface area (Å²) in [7, 11) is -0.645. The van der Waals surface area contributed by atoms with Crippen molar-refractivity contribution >= 4 is 33.4 Å². The summed E-state index contributed by atoms with van der Waals surface area (Å²) < 4.78 is 13.9. The van der Waals surface area contributed by atoms with Crippen LogP contribution in [0.25, 0.3) is 11.0 Å². The summed E-state index contributed by atoms with van der Waals surface area (Å²) >= 11 is 6.32. The van der Waals surface area contributed by atoms with E-state index in [2.05, 4.69) is 29.7 Å². The van der Waals surface area contributed by atoms with Crippen LogP contribution in [-0.2, 0) is 10.8 Å². The normalized spacial score (nSPS) is 24.9. The molecule has 1 aromatic carbocycles. The Labute approximate surface area is 126 Å². The van der Waals surface area contributed by atoms with Gasteiger partial charge in [0.1, 0.15) is 5.82 Å². The van der Waals surface area contributed by atoms with E-state index in [0.29, 0.717) is 6.04 Å². The van der Waals surface area contributed by atoms with Gasteiger partial charge in [0.05, 0.1) is 16.4 Å². The monoisotopic (exact) mass is 310 g/mol. The van der Waals surface area contributed by atoms with Gasteiger partial charge in [-0.1, -0.05) is 6.07 Å². The molecule has 0 bridgehead atoms. The number of hydrogen-bond donors (Lipinski definition) is 0. The highest BCUT2D eigenvalue weighted by molar-refractivity contribution is 7.85. The zero-order valence-corrected chi connectivity index (χ0v) is 13.4. The number of benzene rings is 1. The first kappa shape index (κ1) is 14.1. The number of aromatic nitrogens is 2. The molecule has 108 valence electrons. The standard InChI is InChI=1S/C15H19ClN2OS/c1-10-3-4-13-14(9-10)18(15(17-13)11(2)16)12-5-7-20(19)8-6-12/h3-4,9,11-12H,5-8H2,1-2H3. The number of imidazole rings is 1. The van der Waals surface area contributed by atoms with Crippen molar-refractivity contribution < 1.29 is 4.21 Å². The van der Waals surface area contributed by atoms with Crippen LogP contribution in [0.5, 0.6) is 0 Å². The minimum Gasteiger partial charge on any atom is -0.324 e. The Morgan fingerprint density at radius 1 is 1.40 bits per heavy atom. The largest absolute Gasteiger partial charge is 0.324 e. The molecule has 0 amide bonds. The Bertz CT molecular complexity index is 655. The van der Waals surface area contributed by atoms with Crippen molar-refractivity contribution in [1.82, 2.24) is 9.55 Å². The van der Waals surface area contributed by atoms with Crippen molar-refractivity contribution in [3.63, 3.8) is 0 Å². The van der Waals surface area contributed by atoms with Gasteiger partial charge in [-0.2, -0.15) is 0 Å². The van der Waals surface area contributed by atoms with Gasteiger partial charge in [-0.05, 0) is 44.4 Å². The van der Waals surface area contributed by atoms with Crippen LogP contribution in [0, 0.1) is 6.92 Å². The van der Waals surface area contributed by atoms with Crippen molar-refractivity contribution in [3.05, 3.63) is 29.6 Å². The molecule has 2 aromatic rings. The number of nitrogens with zero attached hydrogens (tertiary/aromatic N) is 2. The first-order valence-electron chi connectivity index (χ1n) is 7.04. The van der Waals surface area contributed by atoms with E-state index < -0.39 is 10.8 Å². The molecule has 0 spiro atoms. The van der Waals surface area contributed by atoms with Crippen molar-refractivity contribution in [2.45, 2.75) is 38.1 Å². The molecule has 0 radical (unpaired) electrons. The average Bonchev–Trinajstić information content (AvgIpc) is 2.78. The number of rotatable bonds is 2. The Kier molecular flexibility index (Phi) is 3.87. The van der Waals surface area contributed by atoms with E-state index in [-0.39, 0.29) is 5.38 Å². The number of halogens is 1. The smallest absolute Gasteiger partial charge is 0.127 e. The molecule has 1 aliphatic heterocycles. The molecule has 1 aliphatic rings. The summed E-state index contributed by atoms with van der Waals surface area (Å²) in [6.45, 7) is 4.06. The van der Waals surface area contributed by atoms with Gasteiger partial charge in [-0.3, -0.25) is 4.21 Å². The Balaban J connectivity index is 2.13. The molecule has 0 aliphatic carbocycles. The average molecular weight is 311 g/mol. The van der Waals surface area contributed by atoms with Gasteiger partial charge in [0, 0.05) is 28.3 Å². The zero-order chi connectivity index (χ0) is 14.3. The highest BCUT2D eigenvalue weighted by Gasteiger charge is 2.25. The Morgan fingerprint density at radius 3 is 2.75 bits per heavy atom. The summed E-state index contributed by atoms with van der Waals surface area (Å²) in [6, 6.07) is 6.69. The predicted molar refractivity (Wildman–Crippen MR) is 84.9 cm³/mol. The van der Waals surface area contributed by atoms with Crippen LogP contribution >= 0.6 is 11.6 Å². The van der Waals surface area contributed by atoms with Crippen LogP contribution in [0.1, 0.15) is 42.6 Å². The predicted octanol–water partition coefficient (Wildman–Crippen LogP) is 3.73. The van der Waals surface area contributed by atoms with Crippen LogP contribution in [0.15, 0.2) is 18.2 Å². The molecular weight excluding hydrogens is 292 g/mol. The van der Waals surface area contributed by atoms with Gasteiger partial charge in [0.25, 0.3) is 0 Å². The van der Waals surface area contributed by atoms with Crippen molar-refractivity contribution in [3.8, 4) is 0 Å². The van der Waals surface area contributed by atoms with E-state index >= 15 is 0 Å². The molecule has 1 atom stereocenters. The minimum absolute atomic E-state index is 0.116. The maximum absolute atomic E-state index is 11.6. The molecular formula is C15H19ClN2OS. The second-order valence-electron chi connectivity index (χ2n) is 5.53. The third-order valence-corrected chi connectivity index (χ3v) is 5.53. The van der Waals surface area contributed by atoms with Crippen LogP contribution in [0.3, 0.4) is 0 Å². The molecule has 1 fully saturated rings. The summed E-state index contributed by atoms with van der Waals surface area (Å²) in [4.78, 5) is 4.70. The van der Waals surface area contributed by atoms with E-state index in [0.717, 1.165) is 41.2 Å². The fraction of sp³-hybridized carbons (Fsp3) is 0.533. The lowest BCUT2D eigenvalue weighted by Gasteiger charge is -2.26. The third-order valence-electron chi connectivity index (χ3n) is 3.95. The zero-order valence-electron chi connectivity index (χ0n) is 11.8. The quantitative estimate of drug-likeness (QED) is 0.792. The number of fused-ring (bicyclic) bond motifs is 1. The van der Waals surface area contributed by atoms with Crippen molar-refractivity contribution in [1.29, 1.82) is 0 Å². The molecule has 2 heterocycles. The summed E-state index contributed by atoms with van der Waals surface area (Å²) in [5.74, 6) is 2.50. The van der Waals surface area contributed by atoms with Crippen molar-refractivity contribution in [2.24, 2.45) is 0 Å². The number of aryl methyl sites for hydroxylation is 1. The van der Waals surface area contributed by atoms with Gasteiger partial charge in [-0.25, -0.2) is 4.98 Å². The van der Waals surface area contributed by atoms with Crippen LogP contribution < -0.4 is 0 Å². The maximum atomic E-state index is 11.6. The van der Waals surface area contributed by atoms with Gasteiger partial charge >= 0.3 is 0 Å². The minimum atomic E-state index is -0.645. The highest BCUT2D eigenvalue weighted by atomic mass is 35.5. The summed E-state index contributed by atoms with van der Waals surface area (Å²) in [5, 5.41) is -0.116.